The molecule has 1 aromatic carbocycles. The van der Waals surface area contributed by atoms with Gasteiger partial charge in [0.2, 0.25) is 0 Å². The molecule has 0 aliphatic heterocycles. The minimum atomic E-state index is -0.387. The van der Waals surface area contributed by atoms with Gasteiger partial charge in [-0.05, 0) is 18.2 Å². The summed E-state index contributed by atoms with van der Waals surface area (Å²) in [5.41, 5.74) is 5.91. The minimum absolute atomic E-state index is 0.0568. The minimum Gasteiger partial charge on any atom is -0.398 e. The maximum absolute atomic E-state index is 13.4. The molecule has 0 aliphatic carbocycles. The molecule has 0 amide bonds. The van der Waals surface area contributed by atoms with Crippen molar-refractivity contribution < 1.29 is 9.50 Å². The maximum Gasteiger partial charge on any atom is 0.134 e. The zero-order valence-electron chi connectivity index (χ0n) is 11.1. The topological polar surface area (TPSA) is 71.2 Å². The number of aromatic nitrogens is 1. The Kier molecular flexibility index (Phi) is 3.57. The smallest absolute Gasteiger partial charge is 0.134 e. The van der Waals surface area contributed by atoms with E-state index in [0.717, 1.165) is 5.39 Å². The molecule has 19 heavy (non-hydrogen) atoms. The van der Waals surface area contributed by atoms with E-state index >= 15 is 0 Å². The van der Waals surface area contributed by atoms with Crippen LogP contribution in [0, 0.1) is 11.2 Å². The Balaban J connectivity index is 2.39. The van der Waals surface area contributed by atoms with Crippen LogP contribution in [0.1, 0.15) is 13.8 Å². The SMILES string of the molecule is CC(C)(CO)CNc1nccc2c(N)cc(F)cc12. The van der Waals surface area contributed by atoms with Gasteiger partial charge >= 0.3 is 0 Å². The number of pyridine rings is 1. The van der Waals surface area contributed by atoms with Crippen molar-refractivity contribution in [3.05, 3.63) is 30.2 Å². The molecule has 5 heteroatoms. The third-order valence-corrected chi connectivity index (χ3v) is 3.04. The van der Waals surface area contributed by atoms with Crippen molar-refractivity contribution in [3.63, 3.8) is 0 Å². The highest BCUT2D eigenvalue weighted by Crippen LogP contribution is 2.28. The molecule has 4 N–H and O–H groups in total. The molecule has 0 spiro atoms. The molecule has 1 aromatic heterocycles. The maximum atomic E-state index is 13.4. The number of halogens is 1. The monoisotopic (exact) mass is 263 g/mol. The van der Waals surface area contributed by atoms with Crippen molar-refractivity contribution in [1.82, 2.24) is 4.98 Å². The Morgan fingerprint density at radius 3 is 2.79 bits per heavy atom. The van der Waals surface area contributed by atoms with Crippen molar-refractivity contribution in [2.75, 3.05) is 24.2 Å². The van der Waals surface area contributed by atoms with Gasteiger partial charge in [0.05, 0.1) is 0 Å². The molecule has 0 radical (unpaired) electrons. The standard InChI is InChI=1S/C14H18FN3O/c1-14(2,8-19)7-18-13-11-5-9(15)6-12(16)10(11)3-4-17-13/h3-6,19H,7-8,16H2,1-2H3,(H,17,18). The number of hydrogen-bond donors (Lipinski definition) is 3. The molecule has 0 bridgehead atoms. The number of nitrogens with one attached hydrogen (secondary N) is 1. The van der Waals surface area contributed by atoms with Gasteiger partial charge in [-0.25, -0.2) is 9.37 Å². The largest absolute Gasteiger partial charge is 0.398 e. The summed E-state index contributed by atoms with van der Waals surface area (Å²) in [6.45, 7) is 4.45. The fourth-order valence-electron chi connectivity index (χ4n) is 1.80. The number of nitrogens with two attached hydrogens (primary N) is 1. The summed E-state index contributed by atoms with van der Waals surface area (Å²) in [4.78, 5) is 4.21. The van der Waals surface area contributed by atoms with Crippen molar-refractivity contribution in [3.8, 4) is 0 Å². The van der Waals surface area contributed by atoms with E-state index in [2.05, 4.69) is 10.3 Å². The Labute approximate surface area is 111 Å². The summed E-state index contributed by atoms with van der Waals surface area (Å²) in [6.07, 6.45) is 1.63. The third-order valence-electron chi connectivity index (χ3n) is 3.04. The highest BCUT2D eigenvalue weighted by molar-refractivity contribution is 5.99. The lowest BCUT2D eigenvalue weighted by atomic mass is 9.95. The van der Waals surface area contributed by atoms with Crippen LogP contribution in [-0.4, -0.2) is 23.2 Å². The lowest BCUT2D eigenvalue weighted by Crippen LogP contribution is -2.27. The van der Waals surface area contributed by atoms with Crippen molar-refractivity contribution in [2.45, 2.75) is 13.8 Å². The van der Waals surface area contributed by atoms with E-state index in [4.69, 9.17) is 5.73 Å². The fourth-order valence-corrected chi connectivity index (χ4v) is 1.80. The van der Waals surface area contributed by atoms with Crippen LogP contribution in [0.5, 0.6) is 0 Å². The van der Waals surface area contributed by atoms with Crippen molar-refractivity contribution in [1.29, 1.82) is 0 Å². The third kappa shape index (κ3) is 2.93. The second-order valence-corrected chi connectivity index (χ2v) is 5.43. The number of aliphatic hydroxyl groups excluding tert-OH is 1. The molecule has 2 rings (SSSR count). The second kappa shape index (κ2) is 5.01. The van der Waals surface area contributed by atoms with Gasteiger partial charge in [0.25, 0.3) is 0 Å². The van der Waals surface area contributed by atoms with Gasteiger partial charge in [-0.3, -0.25) is 0 Å². The van der Waals surface area contributed by atoms with E-state index in [1.807, 2.05) is 13.8 Å². The molecule has 4 nitrogen and oxygen atoms in total. The van der Waals surface area contributed by atoms with Crippen molar-refractivity contribution >= 4 is 22.3 Å². The number of rotatable bonds is 4. The number of hydrogen-bond acceptors (Lipinski definition) is 4. The first-order valence-electron chi connectivity index (χ1n) is 6.11. The summed E-state index contributed by atoms with van der Waals surface area (Å²) >= 11 is 0. The molecule has 102 valence electrons. The summed E-state index contributed by atoms with van der Waals surface area (Å²) in [6, 6.07) is 4.46. The molecular formula is C14H18FN3O. The number of nitrogen functional groups attached to an aromatic ring is 1. The second-order valence-electron chi connectivity index (χ2n) is 5.43. The summed E-state index contributed by atoms with van der Waals surface area (Å²) < 4.78 is 13.4. The van der Waals surface area contributed by atoms with E-state index in [9.17, 15) is 9.50 Å². The molecular weight excluding hydrogens is 245 g/mol. The predicted octanol–water partition coefficient (Wildman–Crippen LogP) is 2.39. The number of benzene rings is 1. The van der Waals surface area contributed by atoms with Crippen LogP contribution in [0.15, 0.2) is 24.4 Å². The number of anilines is 2. The molecule has 0 aliphatic rings. The van der Waals surface area contributed by atoms with Crippen LogP contribution in [0.2, 0.25) is 0 Å². The quantitative estimate of drug-likeness (QED) is 0.741. The first-order chi connectivity index (χ1) is 8.93. The number of nitrogens with zero attached hydrogens (tertiary/aromatic N) is 1. The Bertz CT molecular complexity index is 599. The lowest BCUT2D eigenvalue weighted by molar-refractivity contribution is 0.171. The molecule has 0 unspecified atom stereocenters. The molecule has 1 heterocycles. The van der Waals surface area contributed by atoms with Crippen LogP contribution in [0.25, 0.3) is 10.8 Å². The molecule has 0 saturated carbocycles. The van der Waals surface area contributed by atoms with Crippen LogP contribution in [0.4, 0.5) is 15.9 Å². The first kappa shape index (κ1) is 13.5. The zero-order valence-corrected chi connectivity index (χ0v) is 11.1. The highest BCUT2D eigenvalue weighted by Gasteiger charge is 2.17. The van der Waals surface area contributed by atoms with E-state index < -0.39 is 0 Å². The van der Waals surface area contributed by atoms with E-state index in [0.29, 0.717) is 23.4 Å². The predicted molar refractivity (Wildman–Crippen MR) is 75.5 cm³/mol. The lowest BCUT2D eigenvalue weighted by Gasteiger charge is -2.22. The van der Waals surface area contributed by atoms with Gasteiger partial charge < -0.3 is 16.2 Å². The molecule has 0 atom stereocenters. The average Bonchev–Trinajstić information content (AvgIpc) is 2.36. The number of fused-ring (bicyclic) bond motifs is 1. The molecule has 2 aromatic rings. The highest BCUT2D eigenvalue weighted by atomic mass is 19.1. The van der Waals surface area contributed by atoms with E-state index in [1.54, 1.807) is 12.3 Å². The summed E-state index contributed by atoms with van der Waals surface area (Å²) in [5, 5.41) is 13.8. The van der Waals surface area contributed by atoms with Gasteiger partial charge in [-0.15, -0.1) is 0 Å². The van der Waals surface area contributed by atoms with Gasteiger partial charge in [0, 0.05) is 41.2 Å². The van der Waals surface area contributed by atoms with Crippen LogP contribution in [-0.2, 0) is 0 Å². The van der Waals surface area contributed by atoms with E-state index in [-0.39, 0.29) is 17.8 Å². The normalized spacial score (nSPS) is 11.8. The Hall–Kier alpha value is -1.88. The Morgan fingerprint density at radius 2 is 2.11 bits per heavy atom. The van der Waals surface area contributed by atoms with Crippen molar-refractivity contribution in [2.24, 2.45) is 5.41 Å². The van der Waals surface area contributed by atoms with Crippen LogP contribution in [0.3, 0.4) is 0 Å². The fraction of sp³-hybridized carbons (Fsp3) is 0.357. The van der Waals surface area contributed by atoms with Gasteiger partial charge in [0.15, 0.2) is 0 Å². The van der Waals surface area contributed by atoms with E-state index in [1.165, 1.54) is 12.1 Å². The van der Waals surface area contributed by atoms with Gasteiger partial charge in [0.1, 0.15) is 11.6 Å². The molecule has 0 fully saturated rings. The van der Waals surface area contributed by atoms with Crippen LogP contribution < -0.4 is 11.1 Å². The number of aliphatic hydroxyl groups is 1. The zero-order chi connectivity index (χ0) is 14.0. The van der Waals surface area contributed by atoms with Crippen LogP contribution >= 0.6 is 0 Å². The summed E-state index contributed by atoms with van der Waals surface area (Å²) in [5.74, 6) is 0.188. The average molecular weight is 263 g/mol. The first-order valence-corrected chi connectivity index (χ1v) is 6.11. The molecule has 0 saturated heterocycles. The Morgan fingerprint density at radius 1 is 1.37 bits per heavy atom. The van der Waals surface area contributed by atoms with Gasteiger partial charge in [-0.2, -0.15) is 0 Å². The summed E-state index contributed by atoms with van der Waals surface area (Å²) in [7, 11) is 0. The van der Waals surface area contributed by atoms with Gasteiger partial charge in [-0.1, -0.05) is 13.8 Å².